The second-order valence-corrected chi connectivity index (χ2v) is 3.60. The van der Waals surface area contributed by atoms with Gasteiger partial charge in [0, 0.05) is 0 Å². The smallest absolute Gasteiger partial charge is 0.309 e. The van der Waals surface area contributed by atoms with Gasteiger partial charge in [-0.2, -0.15) is 0 Å². The van der Waals surface area contributed by atoms with E-state index in [4.69, 9.17) is 4.74 Å². The maximum atomic E-state index is 11.0. The van der Waals surface area contributed by atoms with Crippen LogP contribution >= 0.6 is 0 Å². The molecule has 0 aliphatic carbocycles. The zero-order chi connectivity index (χ0) is 11.8. The maximum Gasteiger partial charge on any atom is 0.309 e. The fraction of sp³-hybridized carbons (Fsp3) is 0.462. The number of benzene rings is 1. The van der Waals surface area contributed by atoms with E-state index in [1.165, 1.54) is 7.11 Å². The molecule has 0 aliphatic rings. The van der Waals surface area contributed by atoms with Crippen LogP contribution in [0, 0.1) is 0 Å². The van der Waals surface area contributed by atoms with Crippen molar-refractivity contribution in [2.45, 2.75) is 26.2 Å². The Labute approximate surface area is 96.4 Å². The minimum atomic E-state index is -0.223. The second-order valence-electron chi connectivity index (χ2n) is 3.60. The van der Waals surface area contributed by atoms with Crippen LogP contribution in [0.1, 0.15) is 25.3 Å². The molecule has 0 amide bonds. The molecule has 0 N–H and O–H groups in total. The zero-order valence-corrected chi connectivity index (χ0v) is 9.86. The number of carbonyl (C=O) groups excluding carboxylic acids is 1. The van der Waals surface area contributed by atoms with Gasteiger partial charge in [0.15, 0.2) is 0 Å². The molecule has 1 aromatic rings. The van der Waals surface area contributed by atoms with Crippen molar-refractivity contribution in [2.75, 3.05) is 13.7 Å². The Morgan fingerprint density at radius 2 is 1.94 bits per heavy atom. The Morgan fingerprint density at radius 3 is 2.50 bits per heavy atom. The highest BCUT2D eigenvalue weighted by molar-refractivity contribution is 5.72. The van der Waals surface area contributed by atoms with Crippen LogP contribution in [0.3, 0.4) is 0 Å². The molecule has 3 nitrogen and oxygen atoms in total. The van der Waals surface area contributed by atoms with Crippen molar-refractivity contribution in [3.63, 3.8) is 0 Å². The summed E-state index contributed by atoms with van der Waals surface area (Å²) in [6, 6.07) is 7.54. The molecular weight excluding hydrogens is 204 g/mol. The lowest BCUT2D eigenvalue weighted by Gasteiger charge is -2.06. The van der Waals surface area contributed by atoms with Gasteiger partial charge in [-0.3, -0.25) is 4.79 Å². The van der Waals surface area contributed by atoms with E-state index in [1.807, 2.05) is 24.3 Å². The summed E-state index contributed by atoms with van der Waals surface area (Å²) < 4.78 is 10.1. The number of hydrogen-bond acceptors (Lipinski definition) is 3. The number of hydrogen-bond donors (Lipinski definition) is 0. The van der Waals surface area contributed by atoms with Crippen LogP contribution in [0.4, 0.5) is 0 Å². The molecule has 0 aromatic heterocycles. The number of ether oxygens (including phenoxy) is 2. The van der Waals surface area contributed by atoms with Crippen molar-refractivity contribution >= 4 is 5.97 Å². The molecule has 0 unspecified atom stereocenters. The van der Waals surface area contributed by atoms with Gasteiger partial charge in [0.05, 0.1) is 20.1 Å². The lowest BCUT2D eigenvalue weighted by atomic mass is 10.1. The van der Waals surface area contributed by atoms with Crippen LogP contribution in [-0.2, 0) is 16.0 Å². The van der Waals surface area contributed by atoms with Crippen LogP contribution in [0.15, 0.2) is 24.3 Å². The second kappa shape index (κ2) is 6.88. The first kappa shape index (κ1) is 12.6. The molecule has 0 fully saturated rings. The normalized spacial score (nSPS) is 9.88. The number of unbranched alkanes of at least 4 members (excludes halogenated alkanes) is 1. The van der Waals surface area contributed by atoms with Crippen LogP contribution in [-0.4, -0.2) is 19.7 Å². The van der Waals surface area contributed by atoms with Gasteiger partial charge in [0.2, 0.25) is 0 Å². The molecule has 0 saturated heterocycles. The molecule has 0 radical (unpaired) electrons. The minimum Gasteiger partial charge on any atom is -0.494 e. The van der Waals surface area contributed by atoms with E-state index < -0.39 is 0 Å². The molecule has 16 heavy (non-hydrogen) atoms. The molecule has 0 bridgehead atoms. The van der Waals surface area contributed by atoms with Gasteiger partial charge >= 0.3 is 5.97 Å². The molecule has 0 spiro atoms. The summed E-state index contributed by atoms with van der Waals surface area (Å²) in [6.45, 7) is 2.87. The fourth-order valence-corrected chi connectivity index (χ4v) is 1.28. The molecule has 1 rings (SSSR count). The van der Waals surface area contributed by atoms with Gasteiger partial charge in [-0.25, -0.2) is 0 Å². The topological polar surface area (TPSA) is 35.5 Å². The third-order valence-electron chi connectivity index (χ3n) is 2.27. The first-order valence-corrected chi connectivity index (χ1v) is 5.54. The molecule has 3 heteroatoms. The SMILES string of the molecule is CCCCOc1ccc(CC(=O)OC)cc1. The van der Waals surface area contributed by atoms with E-state index in [0.717, 1.165) is 30.8 Å². The predicted octanol–water partition coefficient (Wildman–Crippen LogP) is 2.58. The fourth-order valence-electron chi connectivity index (χ4n) is 1.28. The molecule has 0 atom stereocenters. The summed E-state index contributed by atoms with van der Waals surface area (Å²) in [5.74, 6) is 0.627. The van der Waals surface area contributed by atoms with Crippen molar-refractivity contribution in [3.05, 3.63) is 29.8 Å². The average Bonchev–Trinajstić information content (AvgIpc) is 2.31. The lowest BCUT2D eigenvalue weighted by molar-refractivity contribution is -0.139. The van der Waals surface area contributed by atoms with Gasteiger partial charge in [0.1, 0.15) is 5.75 Å². The van der Waals surface area contributed by atoms with E-state index >= 15 is 0 Å². The van der Waals surface area contributed by atoms with E-state index in [0.29, 0.717) is 6.42 Å². The van der Waals surface area contributed by atoms with Crippen molar-refractivity contribution in [1.82, 2.24) is 0 Å². The summed E-state index contributed by atoms with van der Waals surface area (Å²) in [7, 11) is 1.39. The Bertz CT molecular complexity index is 316. The monoisotopic (exact) mass is 222 g/mol. The largest absolute Gasteiger partial charge is 0.494 e. The van der Waals surface area contributed by atoms with Crippen LogP contribution in [0.2, 0.25) is 0 Å². The Kier molecular flexibility index (Phi) is 5.40. The van der Waals surface area contributed by atoms with E-state index in [1.54, 1.807) is 0 Å². The molecule has 0 heterocycles. The molecule has 88 valence electrons. The summed E-state index contributed by atoms with van der Waals surface area (Å²) in [5, 5.41) is 0. The standard InChI is InChI=1S/C13H18O3/c1-3-4-9-16-12-7-5-11(6-8-12)10-13(14)15-2/h5-8H,3-4,9-10H2,1-2H3. The maximum absolute atomic E-state index is 11.0. The first-order valence-electron chi connectivity index (χ1n) is 5.54. The quantitative estimate of drug-likeness (QED) is 0.548. The summed E-state index contributed by atoms with van der Waals surface area (Å²) >= 11 is 0. The molecule has 1 aromatic carbocycles. The number of methoxy groups -OCH3 is 1. The van der Waals surface area contributed by atoms with E-state index in [-0.39, 0.29) is 5.97 Å². The summed E-state index contributed by atoms with van der Waals surface area (Å²) in [6.07, 6.45) is 2.50. The van der Waals surface area contributed by atoms with Crippen LogP contribution < -0.4 is 4.74 Å². The van der Waals surface area contributed by atoms with Gasteiger partial charge in [-0.15, -0.1) is 0 Å². The van der Waals surface area contributed by atoms with Crippen molar-refractivity contribution in [2.24, 2.45) is 0 Å². The average molecular weight is 222 g/mol. The van der Waals surface area contributed by atoms with Crippen molar-refractivity contribution in [3.8, 4) is 5.75 Å². The van der Waals surface area contributed by atoms with Gasteiger partial charge in [0.25, 0.3) is 0 Å². The van der Waals surface area contributed by atoms with E-state index in [2.05, 4.69) is 11.7 Å². The molecular formula is C13H18O3. The number of rotatable bonds is 6. The number of esters is 1. The van der Waals surface area contributed by atoms with Gasteiger partial charge in [-0.05, 0) is 24.1 Å². The molecule has 0 saturated carbocycles. The third kappa shape index (κ3) is 4.34. The third-order valence-corrected chi connectivity index (χ3v) is 2.27. The Hall–Kier alpha value is -1.51. The minimum absolute atomic E-state index is 0.223. The van der Waals surface area contributed by atoms with E-state index in [9.17, 15) is 4.79 Å². The highest BCUT2D eigenvalue weighted by Gasteiger charge is 2.02. The highest BCUT2D eigenvalue weighted by atomic mass is 16.5. The summed E-state index contributed by atoms with van der Waals surface area (Å²) in [4.78, 5) is 11.0. The number of carbonyl (C=O) groups is 1. The highest BCUT2D eigenvalue weighted by Crippen LogP contribution is 2.13. The molecule has 0 aliphatic heterocycles. The lowest BCUT2D eigenvalue weighted by Crippen LogP contribution is -2.04. The van der Waals surface area contributed by atoms with Gasteiger partial charge in [-0.1, -0.05) is 25.5 Å². The summed E-state index contributed by atoms with van der Waals surface area (Å²) in [5.41, 5.74) is 0.940. The Morgan fingerprint density at radius 1 is 1.25 bits per heavy atom. The zero-order valence-electron chi connectivity index (χ0n) is 9.86. The van der Waals surface area contributed by atoms with Crippen molar-refractivity contribution < 1.29 is 14.3 Å². The van der Waals surface area contributed by atoms with Crippen LogP contribution in [0.5, 0.6) is 5.75 Å². The van der Waals surface area contributed by atoms with Crippen molar-refractivity contribution in [1.29, 1.82) is 0 Å². The van der Waals surface area contributed by atoms with Crippen LogP contribution in [0.25, 0.3) is 0 Å². The predicted molar refractivity (Wildman–Crippen MR) is 62.6 cm³/mol. The Balaban J connectivity index is 2.44. The van der Waals surface area contributed by atoms with Gasteiger partial charge < -0.3 is 9.47 Å². The first-order chi connectivity index (χ1) is 7.76.